The maximum atomic E-state index is 13.6. The van der Waals surface area contributed by atoms with Crippen molar-refractivity contribution in [2.45, 2.75) is 6.18 Å². The quantitative estimate of drug-likeness (QED) is 0.239. The number of carboxylic acid groups (broad SMARTS) is 1. The van der Waals surface area contributed by atoms with Crippen LogP contribution in [-0.4, -0.2) is 58.7 Å². The number of aromatic nitrogens is 3. The fourth-order valence-corrected chi connectivity index (χ4v) is 4.51. The molecule has 0 unspecified atom stereocenters. The molecule has 0 atom stereocenters. The van der Waals surface area contributed by atoms with Crippen LogP contribution >= 0.6 is 0 Å². The van der Waals surface area contributed by atoms with E-state index in [1.54, 1.807) is 85.1 Å². The molecule has 0 fully saturated rings. The average molecular weight is 638 g/mol. The smallest absolute Gasteiger partial charge is 0.475 e. The fraction of sp³-hybridized carbons (Fsp3) is 0.0667. The molecule has 0 aliphatic rings. The van der Waals surface area contributed by atoms with Crippen LogP contribution in [0, 0.1) is 0 Å². The number of pyridine rings is 3. The second-order valence-corrected chi connectivity index (χ2v) is 10.9. The third-order valence-electron chi connectivity index (χ3n) is 5.88. The van der Waals surface area contributed by atoms with Crippen LogP contribution in [0.25, 0.3) is 22.0 Å². The number of alkyl halides is 3. The second-order valence-electron chi connectivity index (χ2n) is 9.20. The summed E-state index contributed by atoms with van der Waals surface area (Å²) in [5.41, 5.74) is 3.03. The highest BCUT2D eigenvalue weighted by Crippen LogP contribution is 2.32. The molecule has 0 saturated heterocycles. The van der Waals surface area contributed by atoms with E-state index in [0.29, 0.717) is 27.8 Å². The minimum atomic E-state index is -5.08. The molecule has 3 heterocycles. The summed E-state index contributed by atoms with van der Waals surface area (Å²) in [6, 6.07) is 23.6. The Morgan fingerprint density at radius 1 is 0.778 bits per heavy atom. The second kappa shape index (κ2) is 13.3. The monoisotopic (exact) mass is 637 g/mol. The van der Waals surface area contributed by atoms with Crippen LogP contribution in [-0.2, 0) is 14.8 Å². The first-order valence-corrected chi connectivity index (χ1v) is 14.6. The topological polar surface area (TPSA) is 160 Å². The first-order valence-electron chi connectivity index (χ1n) is 12.7. The summed E-state index contributed by atoms with van der Waals surface area (Å²) in [4.78, 5) is 50.1. The lowest BCUT2D eigenvalue weighted by molar-refractivity contribution is -0.192. The number of hydrogen-bond donors (Lipinski definition) is 2. The van der Waals surface area contributed by atoms with E-state index in [2.05, 4.69) is 19.7 Å². The number of carboxylic acids is 1. The van der Waals surface area contributed by atoms with Gasteiger partial charge in [-0.05, 0) is 60.2 Å². The molecule has 5 rings (SSSR count). The largest absolute Gasteiger partial charge is 0.490 e. The molecule has 0 spiro atoms. The van der Waals surface area contributed by atoms with E-state index in [1.807, 2.05) is 6.07 Å². The standard InChI is InChI=1S/C28H21N5O4S.C2HF3O2/c1-38(36,37)32-21-13-11-19(12-14-21)20-17-22-23(31-18-20)9-6-10-26(22)33(27(34)24-7-2-4-15-29-24)28(35)25-8-3-5-16-30-25;3-2(4,5)1(6)7/h2-18,32H,1H3;(H,6,7). The van der Waals surface area contributed by atoms with Crippen molar-refractivity contribution in [3.63, 3.8) is 0 Å². The van der Waals surface area contributed by atoms with Crippen LogP contribution in [0.1, 0.15) is 21.0 Å². The number of sulfonamides is 1. The molecule has 11 nitrogen and oxygen atoms in total. The Hall–Kier alpha value is -5.70. The number of amides is 2. The van der Waals surface area contributed by atoms with Gasteiger partial charge >= 0.3 is 12.1 Å². The molecule has 0 bridgehead atoms. The first kappa shape index (κ1) is 32.2. The van der Waals surface area contributed by atoms with Crippen molar-refractivity contribution >= 4 is 50.1 Å². The predicted molar refractivity (Wildman–Crippen MR) is 159 cm³/mol. The number of imide groups is 1. The predicted octanol–water partition coefficient (Wildman–Crippen LogP) is 5.18. The van der Waals surface area contributed by atoms with Gasteiger partial charge in [-0.3, -0.25) is 29.3 Å². The van der Waals surface area contributed by atoms with Gasteiger partial charge in [-0.1, -0.05) is 30.3 Å². The zero-order valence-corrected chi connectivity index (χ0v) is 24.0. The van der Waals surface area contributed by atoms with Crippen LogP contribution in [0.15, 0.2) is 104 Å². The van der Waals surface area contributed by atoms with Crippen molar-refractivity contribution in [2.75, 3.05) is 15.9 Å². The molecular weight excluding hydrogens is 615 g/mol. The summed E-state index contributed by atoms with van der Waals surface area (Å²) in [6.07, 6.45) is 0.653. The van der Waals surface area contributed by atoms with Crippen molar-refractivity contribution in [3.8, 4) is 11.1 Å². The minimum Gasteiger partial charge on any atom is -0.475 e. The van der Waals surface area contributed by atoms with Crippen LogP contribution in [0.4, 0.5) is 24.5 Å². The Labute approximate surface area is 254 Å². The van der Waals surface area contributed by atoms with E-state index < -0.39 is 34.0 Å². The van der Waals surface area contributed by atoms with Gasteiger partial charge in [-0.25, -0.2) is 18.1 Å². The van der Waals surface area contributed by atoms with Gasteiger partial charge in [0.2, 0.25) is 10.0 Å². The normalized spacial score (nSPS) is 11.2. The lowest BCUT2D eigenvalue weighted by atomic mass is 10.0. The Kier molecular flexibility index (Phi) is 9.52. The van der Waals surface area contributed by atoms with Gasteiger partial charge in [0, 0.05) is 35.2 Å². The Morgan fingerprint density at radius 3 is 1.80 bits per heavy atom. The molecule has 15 heteroatoms. The van der Waals surface area contributed by atoms with Crippen molar-refractivity contribution < 1.29 is 41.1 Å². The van der Waals surface area contributed by atoms with Gasteiger partial charge in [0.1, 0.15) is 11.4 Å². The number of anilines is 2. The molecule has 0 aliphatic carbocycles. The van der Waals surface area contributed by atoms with Crippen LogP contribution in [0.2, 0.25) is 0 Å². The molecule has 0 aliphatic heterocycles. The zero-order valence-electron chi connectivity index (χ0n) is 23.1. The van der Waals surface area contributed by atoms with Gasteiger partial charge < -0.3 is 5.11 Å². The number of nitrogens with zero attached hydrogens (tertiary/aromatic N) is 4. The third-order valence-corrected chi connectivity index (χ3v) is 6.49. The summed E-state index contributed by atoms with van der Waals surface area (Å²) in [7, 11) is -3.40. The minimum absolute atomic E-state index is 0.104. The van der Waals surface area contributed by atoms with E-state index in [-0.39, 0.29) is 11.4 Å². The molecular formula is C30H22F3N5O6S. The van der Waals surface area contributed by atoms with E-state index in [9.17, 15) is 31.2 Å². The van der Waals surface area contributed by atoms with Crippen LogP contribution < -0.4 is 9.62 Å². The van der Waals surface area contributed by atoms with E-state index in [0.717, 1.165) is 16.7 Å². The molecule has 0 saturated carbocycles. The first-order chi connectivity index (χ1) is 21.2. The highest BCUT2D eigenvalue weighted by Gasteiger charge is 2.38. The molecule has 230 valence electrons. The lowest BCUT2D eigenvalue weighted by Gasteiger charge is -2.22. The van der Waals surface area contributed by atoms with Crippen molar-refractivity contribution in [1.29, 1.82) is 0 Å². The molecule has 45 heavy (non-hydrogen) atoms. The van der Waals surface area contributed by atoms with E-state index in [1.165, 1.54) is 12.4 Å². The summed E-state index contributed by atoms with van der Waals surface area (Å²) in [5.74, 6) is -3.96. The number of hydrogen-bond acceptors (Lipinski definition) is 8. The van der Waals surface area contributed by atoms with Gasteiger partial charge in [0.15, 0.2) is 0 Å². The number of benzene rings is 2. The van der Waals surface area contributed by atoms with E-state index in [4.69, 9.17) is 9.90 Å². The SMILES string of the molecule is CS(=O)(=O)Nc1ccc(-c2cnc3cccc(N(C(=O)c4ccccn4)C(=O)c4ccccn4)c3c2)cc1.O=C(O)C(F)(F)F. The Balaban J connectivity index is 0.000000591. The number of halogens is 3. The Bertz CT molecular complexity index is 1910. The average Bonchev–Trinajstić information content (AvgIpc) is 3.01. The third kappa shape index (κ3) is 8.23. The highest BCUT2D eigenvalue weighted by atomic mass is 32.2. The van der Waals surface area contributed by atoms with Crippen LogP contribution in [0.5, 0.6) is 0 Å². The van der Waals surface area contributed by atoms with Gasteiger partial charge in [-0.2, -0.15) is 13.2 Å². The van der Waals surface area contributed by atoms with Crippen LogP contribution in [0.3, 0.4) is 0 Å². The number of rotatable bonds is 6. The molecule has 2 amide bonds. The van der Waals surface area contributed by atoms with Gasteiger partial charge in [-0.15, -0.1) is 0 Å². The maximum absolute atomic E-state index is 13.6. The number of carbonyl (C=O) groups is 3. The maximum Gasteiger partial charge on any atom is 0.490 e. The number of nitrogens with one attached hydrogen (secondary N) is 1. The molecule has 3 aromatic heterocycles. The van der Waals surface area contributed by atoms with Crippen molar-refractivity contribution in [2.24, 2.45) is 0 Å². The summed E-state index contributed by atoms with van der Waals surface area (Å²) >= 11 is 0. The molecule has 0 radical (unpaired) electrons. The highest BCUT2D eigenvalue weighted by molar-refractivity contribution is 7.92. The molecule has 5 aromatic rings. The number of fused-ring (bicyclic) bond motifs is 1. The number of carbonyl (C=O) groups excluding carboxylic acids is 2. The molecule has 2 N–H and O–H groups in total. The van der Waals surface area contributed by atoms with Gasteiger partial charge in [0.25, 0.3) is 11.8 Å². The summed E-state index contributed by atoms with van der Waals surface area (Å²) < 4.78 is 57.2. The van der Waals surface area contributed by atoms with Crippen molar-refractivity contribution in [3.05, 3.63) is 115 Å². The summed E-state index contributed by atoms with van der Waals surface area (Å²) in [6.45, 7) is 0. The van der Waals surface area contributed by atoms with Gasteiger partial charge in [0.05, 0.1) is 17.5 Å². The lowest BCUT2D eigenvalue weighted by Crippen LogP contribution is -2.38. The van der Waals surface area contributed by atoms with E-state index >= 15 is 0 Å². The zero-order chi connectivity index (χ0) is 32.8. The number of aliphatic carboxylic acids is 1. The fourth-order valence-electron chi connectivity index (χ4n) is 3.95. The Morgan fingerprint density at radius 2 is 1.33 bits per heavy atom. The summed E-state index contributed by atoms with van der Waals surface area (Å²) in [5, 5.41) is 7.69. The van der Waals surface area contributed by atoms with Crippen molar-refractivity contribution in [1.82, 2.24) is 15.0 Å². The molecule has 2 aromatic carbocycles.